The van der Waals surface area contributed by atoms with E-state index in [1.54, 1.807) is 38.5 Å². The van der Waals surface area contributed by atoms with Gasteiger partial charge >= 0.3 is 0 Å². The lowest BCUT2D eigenvalue weighted by atomic mass is 10.1. The predicted octanol–water partition coefficient (Wildman–Crippen LogP) is 4.35. The molecule has 0 aliphatic carbocycles. The molecule has 0 aliphatic rings. The van der Waals surface area contributed by atoms with Crippen molar-refractivity contribution in [2.45, 2.75) is 36.8 Å². The molecule has 0 fully saturated rings. The second-order valence-electron chi connectivity index (χ2n) is 6.42. The van der Waals surface area contributed by atoms with Crippen LogP contribution >= 0.6 is 11.8 Å². The fourth-order valence-corrected chi connectivity index (χ4v) is 3.54. The highest BCUT2D eigenvalue weighted by Gasteiger charge is 2.18. The first-order chi connectivity index (χ1) is 14.0. The summed E-state index contributed by atoms with van der Waals surface area (Å²) >= 11 is 1.40. The van der Waals surface area contributed by atoms with E-state index in [-0.39, 0.29) is 17.1 Å². The van der Waals surface area contributed by atoms with Gasteiger partial charge in [0.1, 0.15) is 0 Å². The summed E-state index contributed by atoms with van der Waals surface area (Å²) in [6, 6.07) is 12.6. The minimum absolute atomic E-state index is 0.182. The van der Waals surface area contributed by atoms with Gasteiger partial charge in [-0.15, -0.1) is 11.8 Å². The third-order valence-electron chi connectivity index (χ3n) is 4.28. The van der Waals surface area contributed by atoms with Crippen LogP contribution in [0, 0.1) is 0 Å². The number of methoxy groups -OCH3 is 2. The summed E-state index contributed by atoms with van der Waals surface area (Å²) in [5, 5.41) is 5.39. The molecule has 2 aromatic rings. The number of hydrogen-bond acceptors (Lipinski definition) is 5. The molecular formula is C22H28N2O4S. The zero-order chi connectivity index (χ0) is 21.2. The highest BCUT2D eigenvalue weighted by Crippen LogP contribution is 2.33. The second kappa shape index (κ2) is 11.4. The number of unbranched alkanes of at least 4 members (excludes halogenated alkanes) is 1. The van der Waals surface area contributed by atoms with Gasteiger partial charge in [0.15, 0.2) is 11.5 Å². The van der Waals surface area contributed by atoms with Crippen molar-refractivity contribution >= 4 is 29.3 Å². The van der Waals surface area contributed by atoms with Crippen LogP contribution in [0.3, 0.4) is 0 Å². The molecule has 2 amide bonds. The molecule has 2 N–H and O–H groups in total. The Labute approximate surface area is 176 Å². The molecule has 156 valence electrons. The van der Waals surface area contributed by atoms with E-state index in [4.69, 9.17) is 9.47 Å². The quantitative estimate of drug-likeness (QED) is 0.445. The Morgan fingerprint density at radius 1 is 1.07 bits per heavy atom. The first kappa shape index (κ1) is 22.6. The van der Waals surface area contributed by atoms with Gasteiger partial charge in [0, 0.05) is 11.4 Å². The van der Waals surface area contributed by atoms with Crippen molar-refractivity contribution in [2.75, 3.05) is 26.1 Å². The topological polar surface area (TPSA) is 76.7 Å². The number of carbonyl (C=O) groups excluding carboxylic acids is 2. The monoisotopic (exact) mass is 416 g/mol. The van der Waals surface area contributed by atoms with E-state index < -0.39 is 0 Å². The van der Waals surface area contributed by atoms with Gasteiger partial charge in [-0.25, -0.2) is 0 Å². The van der Waals surface area contributed by atoms with Crippen LogP contribution < -0.4 is 20.1 Å². The van der Waals surface area contributed by atoms with Crippen LogP contribution in [0.2, 0.25) is 0 Å². The Bertz CT molecular complexity index is 841. The summed E-state index contributed by atoms with van der Waals surface area (Å²) in [6.07, 6.45) is 1.92. The molecule has 6 nitrogen and oxygen atoms in total. The van der Waals surface area contributed by atoms with E-state index in [2.05, 4.69) is 17.6 Å². The standard InChI is InChI=1S/C22H28N2O4S/c1-5-6-13-23-22(26)17-9-7-8-10-18(17)24-21(25)15(2)29-16-11-12-19(27-3)20(14-16)28-4/h7-12,14-15H,5-6,13H2,1-4H3,(H,23,26)(H,24,25)/t15-/m0/s1. The molecule has 2 rings (SSSR count). The van der Waals surface area contributed by atoms with E-state index in [0.29, 0.717) is 29.3 Å². The molecule has 29 heavy (non-hydrogen) atoms. The normalized spacial score (nSPS) is 11.4. The molecule has 0 aliphatic heterocycles. The van der Waals surface area contributed by atoms with Crippen molar-refractivity contribution in [3.05, 3.63) is 48.0 Å². The number of ether oxygens (including phenoxy) is 2. The van der Waals surface area contributed by atoms with Gasteiger partial charge < -0.3 is 20.1 Å². The summed E-state index contributed by atoms with van der Waals surface area (Å²) < 4.78 is 10.6. The maximum atomic E-state index is 12.7. The van der Waals surface area contributed by atoms with Crippen molar-refractivity contribution in [3.63, 3.8) is 0 Å². The number of anilines is 1. The predicted molar refractivity (Wildman–Crippen MR) is 117 cm³/mol. The molecule has 0 heterocycles. The van der Waals surface area contributed by atoms with Gasteiger partial charge in [-0.1, -0.05) is 25.5 Å². The molecule has 0 radical (unpaired) electrons. The number of hydrogen-bond donors (Lipinski definition) is 2. The number of benzene rings is 2. The van der Waals surface area contributed by atoms with Crippen LogP contribution in [-0.2, 0) is 4.79 Å². The average molecular weight is 417 g/mol. The van der Waals surface area contributed by atoms with Crippen LogP contribution in [-0.4, -0.2) is 37.8 Å². The van der Waals surface area contributed by atoms with Crippen molar-refractivity contribution in [2.24, 2.45) is 0 Å². The van der Waals surface area contributed by atoms with Crippen molar-refractivity contribution < 1.29 is 19.1 Å². The van der Waals surface area contributed by atoms with Gasteiger partial charge in [0.05, 0.1) is 30.7 Å². The van der Waals surface area contributed by atoms with Crippen LogP contribution in [0.1, 0.15) is 37.0 Å². The van der Waals surface area contributed by atoms with E-state index in [9.17, 15) is 9.59 Å². The fraction of sp³-hybridized carbons (Fsp3) is 0.364. The Kier molecular flexibility index (Phi) is 8.86. The first-order valence-corrected chi connectivity index (χ1v) is 10.4. The summed E-state index contributed by atoms with van der Waals surface area (Å²) in [5.41, 5.74) is 0.964. The zero-order valence-electron chi connectivity index (χ0n) is 17.3. The van der Waals surface area contributed by atoms with E-state index in [1.165, 1.54) is 11.8 Å². The molecule has 0 saturated carbocycles. The number of rotatable bonds is 10. The molecule has 0 spiro atoms. The lowest BCUT2D eigenvalue weighted by Crippen LogP contribution is -2.28. The third kappa shape index (κ3) is 6.42. The summed E-state index contributed by atoms with van der Waals surface area (Å²) in [6.45, 7) is 4.50. The van der Waals surface area contributed by atoms with E-state index in [0.717, 1.165) is 17.7 Å². The van der Waals surface area contributed by atoms with Gasteiger partial charge in [0.2, 0.25) is 5.91 Å². The van der Waals surface area contributed by atoms with Crippen LogP contribution in [0.25, 0.3) is 0 Å². The molecule has 2 aromatic carbocycles. The van der Waals surface area contributed by atoms with Crippen LogP contribution in [0.5, 0.6) is 11.5 Å². The highest BCUT2D eigenvalue weighted by molar-refractivity contribution is 8.00. The van der Waals surface area contributed by atoms with Crippen molar-refractivity contribution in [1.29, 1.82) is 0 Å². The van der Waals surface area contributed by atoms with Gasteiger partial charge in [0.25, 0.3) is 5.91 Å². The molecule has 1 atom stereocenters. The molecule has 0 bridgehead atoms. The highest BCUT2D eigenvalue weighted by atomic mass is 32.2. The third-order valence-corrected chi connectivity index (χ3v) is 5.38. The number of amides is 2. The molecule has 0 aromatic heterocycles. The van der Waals surface area contributed by atoms with E-state index >= 15 is 0 Å². The minimum Gasteiger partial charge on any atom is -0.493 e. The maximum absolute atomic E-state index is 12.7. The summed E-state index contributed by atoms with van der Waals surface area (Å²) in [5.74, 6) is 0.879. The molecule has 0 saturated heterocycles. The first-order valence-electron chi connectivity index (χ1n) is 9.56. The summed E-state index contributed by atoms with van der Waals surface area (Å²) in [4.78, 5) is 26.0. The Morgan fingerprint density at radius 2 is 1.79 bits per heavy atom. The molecule has 7 heteroatoms. The fourth-order valence-electron chi connectivity index (χ4n) is 2.65. The lowest BCUT2D eigenvalue weighted by molar-refractivity contribution is -0.115. The van der Waals surface area contributed by atoms with Gasteiger partial charge in [-0.05, 0) is 43.7 Å². The van der Waals surface area contributed by atoms with Crippen molar-refractivity contribution in [3.8, 4) is 11.5 Å². The smallest absolute Gasteiger partial charge is 0.253 e. The minimum atomic E-state index is -0.371. The average Bonchev–Trinajstić information content (AvgIpc) is 2.74. The Balaban J connectivity index is 2.05. The van der Waals surface area contributed by atoms with Crippen LogP contribution in [0.15, 0.2) is 47.4 Å². The molecule has 0 unspecified atom stereocenters. The Morgan fingerprint density at radius 3 is 2.48 bits per heavy atom. The second-order valence-corrected chi connectivity index (χ2v) is 7.84. The SMILES string of the molecule is CCCCNC(=O)c1ccccc1NC(=O)[C@H](C)Sc1ccc(OC)c(OC)c1. The maximum Gasteiger partial charge on any atom is 0.253 e. The largest absolute Gasteiger partial charge is 0.493 e. The van der Waals surface area contributed by atoms with Crippen molar-refractivity contribution in [1.82, 2.24) is 5.32 Å². The Hall–Kier alpha value is -2.67. The van der Waals surface area contributed by atoms with E-state index in [1.807, 2.05) is 25.1 Å². The number of para-hydroxylation sites is 1. The van der Waals surface area contributed by atoms with Gasteiger partial charge in [-0.3, -0.25) is 9.59 Å². The van der Waals surface area contributed by atoms with Crippen LogP contribution in [0.4, 0.5) is 5.69 Å². The molecular weight excluding hydrogens is 388 g/mol. The number of nitrogens with one attached hydrogen (secondary N) is 2. The number of carbonyl (C=O) groups is 2. The number of thioether (sulfide) groups is 1. The lowest BCUT2D eigenvalue weighted by Gasteiger charge is -2.15. The van der Waals surface area contributed by atoms with Gasteiger partial charge in [-0.2, -0.15) is 0 Å². The summed E-state index contributed by atoms with van der Waals surface area (Å²) in [7, 11) is 3.15. The zero-order valence-corrected chi connectivity index (χ0v) is 18.1.